The molecule has 7 nitrogen and oxygen atoms in total. The van der Waals surface area contributed by atoms with Gasteiger partial charge in [0.15, 0.2) is 0 Å². The summed E-state index contributed by atoms with van der Waals surface area (Å²) < 4.78 is 28.2. The predicted molar refractivity (Wildman–Crippen MR) is 106 cm³/mol. The van der Waals surface area contributed by atoms with Crippen molar-refractivity contribution in [3.05, 3.63) is 24.3 Å². The number of nitrogens with two attached hydrogens (primary N) is 1. The molecule has 0 radical (unpaired) electrons. The van der Waals surface area contributed by atoms with Gasteiger partial charge in [-0.2, -0.15) is 0 Å². The summed E-state index contributed by atoms with van der Waals surface area (Å²) in [6, 6.07) is 5.90. The number of piperidine rings is 1. The molecule has 0 aliphatic carbocycles. The average molecular weight is 398 g/mol. The first-order valence-corrected chi connectivity index (χ1v) is 11.0. The molecule has 0 unspecified atom stereocenters. The molecule has 0 saturated carbocycles. The third-order valence-electron chi connectivity index (χ3n) is 4.80. The molecule has 1 saturated heterocycles. The van der Waals surface area contributed by atoms with E-state index in [0.717, 1.165) is 52.1 Å². The topological polar surface area (TPSA) is 102 Å². The molecule has 1 amide bonds. The lowest BCUT2D eigenvalue weighted by molar-refractivity contribution is -0.121. The Kier molecular flexibility index (Phi) is 8.22. The fourth-order valence-corrected chi connectivity index (χ4v) is 3.52. The van der Waals surface area contributed by atoms with E-state index in [9.17, 15) is 13.2 Å². The van der Waals surface area contributed by atoms with Crippen molar-refractivity contribution in [2.24, 2.45) is 17.0 Å². The smallest absolute Gasteiger partial charge is 0.238 e. The number of primary sulfonamides is 1. The van der Waals surface area contributed by atoms with Crippen LogP contribution in [0.25, 0.3) is 0 Å². The summed E-state index contributed by atoms with van der Waals surface area (Å²) in [5, 5.41) is 7.93. The molecule has 0 bridgehead atoms. The number of hydrogen-bond donors (Lipinski definition) is 2. The van der Waals surface area contributed by atoms with Crippen molar-refractivity contribution < 1.29 is 17.9 Å². The van der Waals surface area contributed by atoms with E-state index in [4.69, 9.17) is 9.88 Å². The minimum Gasteiger partial charge on any atom is -0.380 e. The van der Waals surface area contributed by atoms with Gasteiger partial charge >= 0.3 is 0 Å². The highest BCUT2D eigenvalue weighted by Crippen LogP contribution is 2.20. The zero-order chi connectivity index (χ0) is 19.9. The zero-order valence-corrected chi connectivity index (χ0v) is 17.0. The highest BCUT2D eigenvalue weighted by molar-refractivity contribution is 7.89. The first-order chi connectivity index (χ1) is 12.8. The number of ether oxygens (including phenoxy) is 1. The Bertz CT molecular complexity index is 696. The molecule has 0 aromatic heterocycles. The summed E-state index contributed by atoms with van der Waals surface area (Å²) in [7, 11) is -3.72. The van der Waals surface area contributed by atoms with Gasteiger partial charge in [0.05, 0.1) is 11.5 Å². The summed E-state index contributed by atoms with van der Waals surface area (Å²) in [4.78, 5) is 14.8. The number of nitrogens with zero attached hydrogens (tertiary/aromatic N) is 1. The van der Waals surface area contributed by atoms with E-state index >= 15 is 0 Å². The molecule has 1 aromatic carbocycles. The normalized spacial score (nSPS) is 16.6. The number of benzene rings is 1. The van der Waals surface area contributed by atoms with Gasteiger partial charge in [-0.3, -0.25) is 4.79 Å². The highest BCUT2D eigenvalue weighted by Gasteiger charge is 2.24. The quantitative estimate of drug-likeness (QED) is 0.621. The second-order valence-electron chi connectivity index (χ2n) is 7.47. The molecule has 1 aliphatic rings. The van der Waals surface area contributed by atoms with E-state index in [0.29, 0.717) is 11.6 Å². The number of amides is 1. The van der Waals surface area contributed by atoms with Crippen LogP contribution in [0.4, 0.5) is 5.69 Å². The maximum atomic E-state index is 12.4. The Morgan fingerprint density at radius 1 is 1.22 bits per heavy atom. The molecule has 1 fully saturated rings. The van der Waals surface area contributed by atoms with E-state index in [2.05, 4.69) is 24.1 Å². The number of likely N-dealkylation sites (tertiary alicyclic amines) is 1. The number of carbonyl (C=O) groups excluding carboxylic acids is 1. The van der Waals surface area contributed by atoms with Gasteiger partial charge in [0, 0.05) is 24.8 Å². The van der Waals surface area contributed by atoms with Crippen molar-refractivity contribution in [3.8, 4) is 0 Å². The first kappa shape index (κ1) is 21.8. The highest BCUT2D eigenvalue weighted by atomic mass is 32.2. The lowest BCUT2D eigenvalue weighted by Crippen LogP contribution is -2.39. The van der Waals surface area contributed by atoms with Crippen molar-refractivity contribution in [2.75, 3.05) is 38.2 Å². The molecular weight excluding hydrogens is 366 g/mol. The molecule has 0 atom stereocenters. The summed E-state index contributed by atoms with van der Waals surface area (Å²) in [5.41, 5.74) is 0.577. The Morgan fingerprint density at radius 2 is 1.85 bits per heavy atom. The summed E-state index contributed by atoms with van der Waals surface area (Å²) >= 11 is 0. The maximum absolute atomic E-state index is 12.4. The van der Waals surface area contributed by atoms with Crippen LogP contribution >= 0.6 is 0 Å². The molecule has 3 N–H and O–H groups in total. The van der Waals surface area contributed by atoms with E-state index in [1.54, 1.807) is 12.1 Å². The Labute approximate surface area is 162 Å². The van der Waals surface area contributed by atoms with Crippen LogP contribution in [-0.4, -0.2) is 52.1 Å². The van der Waals surface area contributed by atoms with E-state index in [1.807, 2.05) is 0 Å². The van der Waals surface area contributed by atoms with Crippen molar-refractivity contribution in [3.63, 3.8) is 0 Å². The fourth-order valence-electron chi connectivity index (χ4n) is 3.01. The molecule has 1 aliphatic heterocycles. The van der Waals surface area contributed by atoms with Crippen molar-refractivity contribution >= 4 is 21.6 Å². The van der Waals surface area contributed by atoms with Gasteiger partial charge in [-0.25, -0.2) is 13.6 Å². The Morgan fingerprint density at radius 3 is 2.41 bits per heavy atom. The second-order valence-corrected chi connectivity index (χ2v) is 9.03. The van der Waals surface area contributed by atoms with Crippen molar-refractivity contribution in [1.82, 2.24) is 4.90 Å². The largest absolute Gasteiger partial charge is 0.380 e. The van der Waals surface area contributed by atoms with E-state index in [-0.39, 0.29) is 16.7 Å². The number of anilines is 1. The van der Waals surface area contributed by atoms with Crippen LogP contribution in [0.5, 0.6) is 0 Å². The lowest BCUT2D eigenvalue weighted by Gasteiger charge is -2.31. The summed E-state index contributed by atoms with van der Waals surface area (Å²) in [6.45, 7) is 8.59. The third-order valence-corrected chi connectivity index (χ3v) is 5.73. The lowest BCUT2D eigenvalue weighted by atomic mass is 9.96. The molecule has 2 rings (SSSR count). The standard InChI is InChI=1S/C19H31N3O4S/c1-15(2)9-13-26-14-12-22-10-7-16(8-11-22)19(23)21-17-3-5-18(6-4-17)27(20,24)25/h3-6,15-16H,7-14H2,1-2H3,(H,21,23)(H2,20,24,25). The molecular formula is C19H31N3O4S. The number of hydrogen-bond acceptors (Lipinski definition) is 5. The van der Waals surface area contributed by atoms with Crippen molar-refractivity contribution in [2.45, 2.75) is 38.0 Å². The summed E-state index contributed by atoms with van der Waals surface area (Å²) in [5.74, 6) is 0.613. The zero-order valence-electron chi connectivity index (χ0n) is 16.2. The Hall–Kier alpha value is -1.48. The molecule has 8 heteroatoms. The van der Waals surface area contributed by atoms with Gasteiger partial charge in [-0.1, -0.05) is 13.8 Å². The van der Waals surface area contributed by atoms with Gasteiger partial charge in [-0.15, -0.1) is 0 Å². The Balaban J connectivity index is 1.70. The van der Waals surface area contributed by atoms with Crippen LogP contribution in [0.2, 0.25) is 0 Å². The molecule has 0 spiro atoms. The monoisotopic (exact) mass is 397 g/mol. The van der Waals surface area contributed by atoms with Crippen LogP contribution in [0, 0.1) is 11.8 Å². The van der Waals surface area contributed by atoms with Crippen LogP contribution in [-0.2, 0) is 19.6 Å². The third kappa shape index (κ3) is 7.57. The molecule has 27 heavy (non-hydrogen) atoms. The van der Waals surface area contributed by atoms with Crippen LogP contribution in [0.15, 0.2) is 29.2 Å². The fraction of sp³-hybridized carbons (Fsp3) is 0.632. The van der Waals surface area contributed by atoms with Gasteiger partial charge in [0.1, 0.15) is 0 Å². The van der Waals surface area contributed by atoms with Crippen LogP contribution in [0.1, 0.15) is 33.1 Å². The number of rotatable bonds is 9. The van der Waals surface area contributed by atoms with Gasteiger partial charge in [0.25, 0.3) is 0 Å². The number of nitrogens with one attached hydrogen (secondary N) is 1. The minimum absolute atomic E-state index is 0.0220. The average Bonchev–Trinajstić information content (AvgIpc) is 2.61. The van der Waals surface area contributed by atoms with Crippen LogP contribution < -0.4 is 10.5 Å². The van der Waals surface area contributed by atoms with Gasteiger partial charge in [-0.05, 0) is 62.5 Å². The minimum atomic E-state index is -3.72. The van der Waals surface area contributed by atoms with Crippen molar-refractivity contribution in [1.29, 1.82) is 0 Å². The van der Waals surface area contributed by atoms with E-state index in [1.165, 1.54) is 12.1 Å². The molecule has 1 heterocycles. The molecule has 152 valence electrons. The van der Waals surface area contributed by atoms with Crippen LogP contribution in [0.3, 0.4) is 0 Å². The van der Waals surface area contributed by atoms with E-state index < -0.39 is 10.0 Å². The predicted octanol–water partition coefficient (Wildman–Crippen LogP) is 2.05. The number of carbonyl (C=O) groups is 1. The maximum Gasteiger partial charge on any atom is 0.238 e. The second kappa shape index (κ2) is 10.2. The SMILES string of the molecule is CC(C)CCOCCN1CCC(C(=O)Nc2ccc(S(N)(=O)=O)cc2)CC1. The number of sulfonamides is 1. The first-order valence-electron chi connectivity index (χ1n) is 9.49. The van der Waals surface area contributed by atoms with Gasteiger partial charge < -0.3 is 15.0 Å². The van der Waals surface area contributed by atoms with Gasteiger partial charge in [0.2, 0.25) is 15.9 Å². The molecule has 1 aromatic rings. The summed E-state index contributed by atoms with van der Waals surface area (Å²) in [6.07, 6.45) is 2.71.